The molecule has 1 atom stereocenters. The number of hydrogen-bond acceptors (Lipinski definition) is 1. The summed E-state index contributed by atoms with van der Waals surface area (Å²) in [6.45, 7) is 1.81. The van der Waals surface area contributed by atoms with E-state index in [1.165, 1.54) is 12.1 Å². The molecule has 94 valence electrons. The zero-order chi connectivity index (χ0) is 13.3. The Morgan fingerprint density at radius 1 is 1.22 bits per heavy atom. The number of halogens is 3. The maximum absolute atomic E-state index is 13.4. The minimum absolute atomic E-state index is 0.328. The third kappa shape index (κ3) is 3.10. The van der Waals surface area contributed by atoms with E-state index in [4.69, 9.17) is 0 Å². The van der Waals surface area contributed by atoms with E-state index < -0.39 is 6.10 Å². The van der Waals surface area contributed by atoms with Gasteiger partial charge in [-0.2, -0.15) is 0 Å². The number of aliphatic hydroxyl groups excluding tert-OH is 1. The van der Waals surface area contributed by atoms with Crippen molar-refractivity contribution >= 4 is 38.5 Å². The normalized spacial score (nSPS) is 12.5. The fourth-order valence-corrected chi connectivity index (χ4v) is 2.80. The van der Waals surface area contributed by atoms with Crippen molar-refractivity contribution in [2.45, 2.75) is 13.0 Å². The van der Waals surface area contributed by atoms with E-state index in [1.807, 2.05) is 25.1 Å². The fourth-order valence-electron chi connectivity index (χ4n) is 1.83. The Labute approximate surface area is 127 Å². The summed E-state index contributed by atoms with van der Waals surface area (Å²) >= 11 is 5.59. The van der Waals surface area contributed by atoms with Gasteiger partial charge in [0.15, 0.2) is 0 Å². The van der Waals surface area contributed by atoms with Crippen LogP contribution in [0.3, 0.4) is 0 Å². The van der Waals surface area contributed by atoms with Crippen molar-refractivity contribution in [2.24, 2.45) is 0 Å². The van der Waals surface area contributed by atoms with Crippen LogP contribution in [0.25, 0.3) is 0 Å². The molecule has 0 heterocycles. The molecule has 2 aromatic rings. The molecule has 0 fully saturated rings. The van der Waals surface area contributed by atoms with Crippen LogP contribution in [-0.2, 0) is 0 Å². The average molecular weight is 421 g/mol. The van der Waals surface area contributed by atoms with Crippen LogP contribution in [0, 0.1) is 16.3 Å². The Morgan fingerprint density at radius 3 is 2.61 bits per heavy atom. The first kappa shape index (κ1) is 14.0. The first-order valence-corrected chi connectivity index (χ1v) is 7.24. The van der Waals surface area contributed by atoms with E-state index >= 15 is 0 Å². The van der Waals surface area contributed by atoms with Gasteiger partial charge >= 0.3 is 0 Å². The minimum atomic E-state index is -0.830. The number of aryl methyl sites for hydroxylation is 1. The molecule has 2 rings (SSSR count). The lowest BCUT2D eigenvalue weighted by molar-refractivity contribution is 0.219. The summed E-state index contributed by atoms with van der Waals surface area (Å²) < 4.78 is 15.2. The van der Waals surface area contributed by atoms with Crippen LogP contribution in [0.5, 0.6) is 0 Å². The van der Waals surface area contributed by atoms with Crippen LogP contribution in [0.1, 0.15) is 22.8 Å². The molecule has 2 aromatic carbocycles. The molecule has 4 heteroatoms. The molecule has 0 amide bonds. The fraction of sp³-hybridized carbons (Fsp3) is 0.143. The van der Waals surface area contributed by atoms with Crippen molar-refractivity contribution in [1.29, 1.82) is 0 Å². The first-order chi connectivity index (χ1) is 8.47. The van der Waals surface area contributed by atoms with Crippen LogP contribution >= 0.6 is 38.5 Å². The Kier molecular flexibility index (Phi) is 4.40. The molecule has 0 aromatic heterocycles. The van der Waals surface area contributed by atoms with E-state index in [1.54, 1.807) is 6.07 Å². The van der Waals surface area contributed by atoms with Gasteiger partial charge in [0.25, 0.3) is 0 Å². The van der Waals surface area contributed by atoms with Gasteiger partial charge in [-0.3, -0.25) is 0 Å². The molecule has 0 saturated heterocycles. The highest BCUT2D eigenvalue weighted by molar-refractivity contribution is 14.1. The third-order valence-electron chi connectivity index (χ3n) is 2.63. The molecule has 18 heavy (non-hydrogen) atoms. The van der Waals surface area contributed by atoms with Crippen molar-refractivity contribution < 1.29 is 9.50 Å². The van der Waals surface area contributed by atoms with E-state index in [2.05, 4.69) is 38.5 Å². The van der Waals surface area contributed by atoms with E-state index in [0.717, 1.165) is 19.2 Å². The van der Waals surface area contributed by atoms with Crippen molar-refractivity contribution in [3.63, 3.8) is 0 Å². The Morgan fingerprint density at radius 2 is 1.94 bits per heavy atom. The number of aliphatic hydroxyl groups is 1. The van der Waals surface area contributed by atoms with Gasteiger partial charge in [0, 0.05) is 13.6 Å². The van der Waals surface area contributed by atoms with Gasteiger partial charge in [-0.25, -0.2) is 4.39 Å². The summed E-state index contributed by atoms with van der Waals surface area (Å²) in [5.74, 6) is -0.328. The summed E-state index contributed by atoms with van der Waals surface area (Å²) in [5, 5.41) is 10.3. The molecule has 1 nitrogen and oxygen atoms in total. The van der Waals surface area contributed by atoms with Crippen molar-refractivity contribution in [3.05, 3.63) is 66.9 Å². The number of benzene rings is 2. The zero-order valence-electron chi connectivity index (χ0n) is 9.62. The number of rotatable bonds is 2. The summed E-state index contributed by atoms with van der Waals surface area (Å²) in [6, 6.07) is 10.3. The van der Waals surface area contributed by atoms with Crippen molar-refractivity contribution in [3.8, 4) is 0 Å². The second-order valence-corrected chi connectivity index (χ2v) is 6.23. The molecule has 0 aliphatic carbocycles. The molecule has 1 N–H and O–H groups in total. The van der Waals surface area contributed by atoms with E-state index in [9.17, 15) is 9.50 Å². The van der Waals surface area contributed by atoms with Gasteiger partial charge < -0.3 is 5.11 Å². The lowest BCUT2D eigenvalue weighted by Gasteiger charge is -2.14. The van der Waals surface area contributed by atoms with E-state index in [0.29, 0.717) is 5.56 Å². The van der Waals surface area contributed by atoms with Crippen LogP contribution in [0.4, 0.5) is 4.39 Å². The summed E-state index contributed by atoms with van der Waals surface area (Å²) in [7, 11) is 0. The molecular formula is C14H11BrFIO. The van der Waals surface area contributed by atoms with Gasteiger partial charge in [0.05, 0.1) is 0 Å². The second-order valence-electron chi connectivity index (χ2n) is 4.13. The minimum Gasteiger partial charge on any atom is -0.384 e. The molecule has 0 aliphatic rings. The summed E-state index contributed by atoms with van der Waals surface area (Å²) in [6.07, 6.45) is -0.830. The van der Waals surface area contributed by atoms with Crippen LogP contribution in [0.15, 0.2) is 40.9 Å². The van der Waals surface area contributed by atoms with Crippen LogP contribution in [-0.4, -0.2) is 5.11 Å². The third-order valence-corrected chi connectivity index (χ3v) is 4.03. The van der Waals surface area contributed by atoms with Crippen molar-refractivity contribution in [2.75, 3.05) is 0 Å². The Bertz CT molecular complexity index is 566. The Hall–Kier alpha value is -0.460. The quantitative estimate of drug-likeness (QED) is 0.705. The highest BCUT2D eigenvalue weighted by Gasteiger charge is 2.15. The van der Waals surface area contributed by atoms with Gasteiger partial charge in [0.2, 0.25) is 0 Å². The molecule has 0 saturated carbocycles. The van der Waals surface area contributed by atoms with Gasteiger partial charge in [-0.1, -0.05) is 22.0 Å². The molecular weight excluding hydrogens is 410 g/mol. The lowest BCUT2D eigenvalue weighted by atomic mass is 10.00. The zero-order valence-corrected chi connectivity index (χ0v) is 13.4. The van der Waals surface area contributed by atoms with Gasteiger partial charge in [-0.15, -0.1) is 0 Å². The summed E-state index contributed by atoms with van der Waals surface area (Å²) in [5.41, 5.74) is 2.10. The van der Waals surface area contributed by atoms with E-state index in [-0.39, 0.29) is 5.82 Å². The molecule has 0 radical (unpaired) electrons. The lowest BCUT2D eigenvalue weighted by Crippen LogP contribution is -2.02. The monoisotopic (exact) mass is 420 g/mol. The Balaban J connectivity index is 2.47. The van der Waals surface area contributed by atoms with Gasteiger partial charge in [-0.05, 0) is 71.0 Å². The highest BCUT2D eigenvalue weighted by atomic mass is 127. The topological polar surface area (TPSA) is 20.2 Å². The van der Waals surface area contributed by atoms with Crippen molar-refractivity contribution in [1.82, 2.24) is 0 Å². The standard InChI is InChI=1S/C14H11BrFIO/c1-8-4-9(6-10(16)5-8)14(18)12-7-11(17)2-3-13(12)15/h2-7,14,18H,1H3. The molecule has 0 bridgehead atoms. The van der Waals surface area contributed by atoms with Gasteiger partial charge in [0.1, 0.15) is 11.9 Å². The van der Waals surface area contributed by atoms with Crippen LogP contribution in [0.2, 0.25) is 0 Å². The SMILES string of the molecule is Cc1cc(F)cc(C(O)c2cc(I)ccc2Br)c1. The molecule has 1 unspecified atom stereocenters. The van der Waals surface area contributed by atoms with Crippen LogP contribution < -0.4 is 0 Å². The maximum atomic E-state index is 13.4. The molecule has 0 aliphatic heterocycles. The average Bonchev–Trinajstić information content (AvgIpc) is 2.30. The maximum Gasteiger partial charge on any atom is 0.123 e. The smallest absolute Gasteiger partial charge is 0.123 e. The second kappa shape index (κ2) is 5.67. The predicted molar refractivity (Wildman–Crippen MR) is 82.1 cm³/mol. The summed E-state index contributed by atoms with van der Waals surface area (Å²) in [4.78, 5) is 0. The number of hydrogen-bond donors (Lipinski definition) is 1. The largest absolute Gasteiger partial charge is 0.384 e. The first-order valence-electron chi connectivity index (χ1n) is 5.37. The predicted octanol–water partition coefficient (Wildman–Crippen LogP) is 4.58. The molecule has 0 spiro atoms. The highest BCUT2D eigenvalue weighted by Crippen LogP contribution is 2.30.